The van der Waals surface area contributed by atoms with Crippen molar-refractivity contribution < 1.29 is 4.39 Å². The Morgan fingerprint density at radius 3 is 2.87 bits per heavy atom. The van der Waals surface area contributed by atoms with Crippen LogP contribution >= 0.6 is 38.5 Å². The molecule has 0 saturated carbocycles. The number of aromatic nitrogens is 2. The van der Waals surface area contributed by atoms with Crippen molar-refractivity contribution in [2.24, 2.45) is 0 Å². The number of rotatable bonds is 2. The van der Waals surface area contributed by atoms with Gasteiger partial charge in [0.25, 0.3) is 0 Å². The van der Waals surface area contributed by atoms with E-state index in [1.165, 1.54) is 6.07 Å². The Morgan fingerprint density at radius 2 is 2.27 bits per heavy atom. The molecular formula is C10H7BrFIN2. The van der Waals surface area contributed by atoms with Gasteiger partial charge in [-0.1, -0.05) is 22.0 Å². The van der Waals surface area contributed by atoms with Gasteiger partial charge < -0.3 is 0 Å². The van der Waals surface area contributed by atoms with Crippen LogP contribution in [0.3, 0.4) is 0 Å². The molecule has 1 heterocycles. The van der Waals surface area contributed by atoms with Crippen LogP contribution in [0, 0.1) is 9.39 Å². The largest absolute Gasteiger partial charge is 0.267 e. The molecule has 0 saturated heterocycles. The van der Waals surface area contributed by atoms with Crippen LogP contribution < -0.4 is 0 Å². The summed E-state index contributed by atoms with van der Waals surface area (Å²) < 4.78 is 17.0. The Hall–Kier alpha value is -0.430. The molecule has 78 valence electrons. The maximum atomic E-state index is 13.5. The van der Waals surface area contributed by atoms with E-state index in [2.05, 4.69) is 43.6 Å². The third kappa shape index (κ3) is 2.78. The number of hydrogen-bond donors (Lipinski definition) is 0. The molecule has 0 bridgehead atoms. The lowest BCUT2D eigenvalue weighted by molar-refractivity contribution is 0.584. The lowest BCUT2D eigenvalue weighted by Gasteiger charge is -2.03. The molecule has 0 aliphatic carbocycles. The zero-order valence-corrected chi connectivity index (χ0v) is 11.4. The Kier molecular flexibility index (Phi) is 3.40. The molecule has 0 atom stereocenters. The summed E-state index contributed by atoms with van der Waals surface area (Å²) in [7, 11) is 0. The SMILES string of the molecule is Fc1cc(Br)ccc1Cn1cc(I)cn1. The minimum Gasteiger partial charge on any atom is -0.267 e. The summed E-state index contributed by atoms with van der Waals surface area (Å²) in [6.45, 7) is 0.460. The van der Waals surface area contributed by atoms with Crippen LogP contribution in [0.4, 0.5) is 4.39 Å². The van der Waals surface area contributed by atoms with Gasteiger partial charge in [0.05, 0.1) is 16.3 Å². The van der Waals surface area contributed by atoms with Crippen LogP contribution in [0.15, 0.2) is 35.1 Å². The fourth-order valence-electron chi connectivity index (χ4n) is 1.25. The van der Waals surface area contributed by atoms with E-state index >= 15 is 0 Å². The Labute approximate surface area is 109 Å². The molecule has 0 amide bonds. The molecule has 5 heteroatoms. The van der Waals surface area contributed by atoms with Gasteiger partial charge in [-0.25, -0.2) is 4.39 Å². The highest BCUT2D eigenvalue weighted by atomic mass is 127. The highest BCUT2D eigenvalue weighted by Gasteiger charge is 2.04. The summed E-state index contributed by atoms with van der Waals surface area (Å²) in [5, 5.41) is 4.11. The highest BCUT2D eigenvalue weighted by molar-refractivity contribution is 14.1. The monoisotopic (exact) mass is 380 g/mol. The number of benzene rings is 1. The van der Waals surface area contributed by atoms with Crippen molar-refractivity contribution in [3.8, 4) is 0 Å². The summed E-state index contributed by atoms with van der Waals surface area (Å²) in [5.74, 6) is -0.213. The molecule has 0 fully saturated rings. The molecule has 0 unspecified atom stereocenters. The average Bonchev–Trinajstić information content (AvgIpc) is 2.56. The van der Waals surface area contributed by atoms with Gasteiger partial charge in [0.15, 0.2) is 0 Å². The molecule has 0 N–H and O–H groups in total. The van der Waals surface area contributed by atoms with Crippen molar-refractivity contribution in [3.05, 3.63) is 50.0 Å². The van der Waals surface area contributed by atoms with Gasteiger partial charge in [-0.15, -0.1) is 0 Å². The predicted octanol–water partition coefficient (Wildman–Crippen LogP) is 3.44. The fourth-order valence-corrected chi connectivity index (χ4v) is 2.03. The number of nitrogens with zero attached hydrogens (tertiary/aromatic N) is 2. The number of halogens is 3. The Balaban J connectivity index is 2.24. The second-order valence-electron chi connectivity index (χ2n) is 3.09. The smallest absolute Gasteiger partial charge is 0.129 e. The van der Waals surface area contributed by atoms with Gasteiger partial charge in [0, 0.05) is 16.2 Å². The van der Waals surface area contributed by atoms with E-state index in [1.54, 1.807) is 16.9 Å². The van der Waals surface area contributed by atoms with Gasteiger partial charge in [-0.05, 0) is 34.7 Å². The van der Waals surface area contributed by atoms with Gasteiger partial charge in [-0.2, -0.15) is 5.10 Å². The lowest BCUT2D eigenvalue weighted by Crippen LogP contribution is -2.02. The third-order valence-electron chi connectivity index (χ3n) is 1.95. The van der Waals surface area contributed by atoms with Crippen LogP contribution in [0.2, 0.25) is 0 Å². The quantitative estimate of drug-likeness (QED) is 0.730. The minimum atomic E-state index is -0.213. The van der Waals surface area contributed by atoms with Crippen molar-refractivity contribution in [2.75, 3.05) is 0 Å². The van der Waals surface area contributed by atoms with E-state index < -0.39 is 0 Å². The lowest BCUT2D eigenvalue weighted by atomic mass is 10.2. The van der Waals surface area contributed by atoms with E-state index in [1.807, 2.05) is 12.3 Å². The summed E-state index contributed by atoms with van der Waals surface area (Å²) in [6.07, 6.45) is 3.62. The normalized spacial score (nSPS) is 10.6. The molecule has 1 aromatic heterocycles. The summed E-state index contributed by atoms with van der Waals surface area (Å²) in [6, 6.07) is 5.05. The highest BCUT2D eigenvalue weighted by Crippen LogP contribution is 2.16. The van der Waals surface area contributed by atoms with Crippen molar-refractivity contribution in [3.63, 3.8) is 0 Å². The van der Waals surface area contributed by atoms with Crippen LogP contribution in [0.25, 0.3) is 0 Å². The molecule has 0 spiro atoms. The first-order valence-electron chi connectivity index (χ1n) is 4.27. The number of hydrogen-bond acceptors (Lipinski definition) is 1. The molecule has 0 aliphatic rings. The van der Waals surface area contributed by atoms with E-state index in [0.717, 1.165) is 8.04 Å². The van der Waals surface area contributed by atoms with Crippen molar-refractivity contribution in [1.29, 1.82) is 0 Å². The fraction of sp³-hybridized carbons (Fsp3) is 0.100. The van der Waals surface area contributed by atoms with E-state index in [9.17, 15) is 4.39 Å². The van der Waals surface area contributed by atoms with Crippen molar-refractivity contribution >= 4 is 38.5 Å². The zero-order valence-electron chi connectivity index (χ0n) is 7.62. The van der Waals surface area contributed by atoms with Crippen LogP contribution in [0.5, 0.6) is 0 Å². The Bertz CT molecular complexity index is 484. The van der Waals surface area contributed by atoms with Crippen LogP contribution in [-0.4, -0.2) is 9.78 Å². The van der Waals surface area contributed by atoms with Crippen LogP contribution in [0.1, 0.15) is 5.56 Å². The topological polar surface area (TPSA) is 17.8 Å². The first kappa shape index (κ1) is 11.1. The first-order valence-corrected chi connectivity index (χ1v) is 6.14. The molecule has 0 aliphatic heterocycles. The van der Waals surface area contributed by atoms with Gasteiger partial charge in [0.2, 0.25) is 0 Å². The van der Waals surface area contributed by atoms with E-state index in [4.69, 9.17) is 0 Å². The first-order chi connectivity index (χ1) is 7.15. The summed E-state index contributed by atoms with van der Waals surface area (Å²) in [4.78, 5) is 0. The predicted molar refractivity (Wildman–Crippen MR) is 68.1 cm³/mol. The molecule has 0 radical (unpaired) electrons. The summed E-state index contributed by atoms with van der Waals surface area (Å²) >= 11 is 5.39. The second-order valence-corrected chi connectivity index (χ2v) is 5.25. The standard InChI is InChI=1S/C10H7BrFIN2/c11-8-2-1-7(10(12)3-8)5-15-6-9(13)4-14-15/h1-4,6H,5H2. The van der Waals surface area contributed by atoms with E-state index in [0.29, 0.717) is 12.1 Å². The van der Waals surface area contributed by atoms with Crippen molar-refractivity contribution in [1.82, 2.24) is 9.78 Å². The maximum absolute atomic E-state index is 13.5. The molecule has 2 aromatic rings. The van der Waals surface area contributed by atoms with Gasteiger partial charge >= 0.3 is 0 Å². The molecule has 2 nitrogen and oxygen atoms in total. The van der Waals surface area contributed by atoms with Crippen LogP contribution in [-0.2, 0) is 6.54 Å². The Morgan fingerprint density at radius 1 is 1.47 bits per heavy atom. The molecular weight excluding hydrogens is 374 g/mol. The van der Waals surface area contributed by atoms with Gasteiger partial charge in [0.1, 0.15) is 5.82 Å². The zero-order chi connectivity index (χ0) is 10.8. The van der Waals surface area contributed by atoms with E-state index in [-0.39, 0.29) is 5.82 Å². The van der Waals surface area contributed by atoms with Crippen molar-refractivity contribution in [2.45, 2.75) is 6.54 Å². The molecule has 2 rings (SSSR count). The third-order valence-corrected chi connectivity index (χ3v) is 3.00. The van der Waals surface area contributed by atoms with Gasteiger partial charge in [-0.3, -0.25) is 4.68 Å². The second kappa shape index (κ2) is 4.61. The minimum absolute atomic E-state index is 0.213. The molecule has 15 heavy (non-hydrogen) atoms. The average molecular weight is 381 g/mol. The maximum Gasteiger partial charge on any atom is 0.129 e. The molecule has 1 aromatic carbocycles. The summed E-state index contributed by atoms with van der Waals surface area (Å²) in [5.41, 5.74) is 0.637.